The van der Waals surface area contributed by atoms with Crippen LogP contribution in [-0.2, 0) is 0 Å². The molecule has 2 nitrogen and oxygen atoms in total. The van der Waals surface area contributed by atoms with Gasteiger partial charge in [-0.25, -0.2) is 0 Å². The fourth-order valence-electron chi connectivity index (χ4n) is 2.26. The Hall–Kier alpha value is -1.02. The monoisotopic (exact) mass is 204 g/mol. The molecule has 0 atom stereocenters. The highest BCUT2D eigenvalue weighted by molar-refractivity contribution is 5.46. The van der Waals surface area contributed by atoms with Gasteiger partial charge in [0.2, 0.25) is 0 Å². The Morgan fingerprint density at radius 2 is 1.73 bits per heavy atom. The molecule has 1 fully saturated rings. The Morgan fingerprint density at radius 3 is 2.33 bits per heavy atom. The molecule has 0 aromatic heterocycles. The summed E-state index contributed by atoms with van der Waals surface area (Å²) in [5, 5.41) is 0. The molecule has 0 amide bonds. The van der Waals surface area contributed by atoms with Crippen LogP contribution >= 0.6 is 0 Å². The number of para-hydroxylation sites is 1. The SMILES string of the molecule is CN1CCC(N(C)c2ccccc2)CC1. The van der Waals surface area contributed by atoms with Gasteiger partial charge in [0.1, 0.15) is 0 Å². The molecule has 1 aromatic carbocycles. The van der Waals surface area contributed by atoms with Gasteiger partial charge >= 0.3 is 0 Å². The van der Waals surface area contributed by atoms with Crippen LogP contribution in [-0.4, -0.2) is 38.1 Å². The smallest absolute Gasteiger partial charge is 0.0366 e. The minimum absolute atomic E-state index is 0.712. The lowest BCUT2D eigenvalue weighted by atomic mass is 10.0. The van der Waals surface area contributed by atoms with Crippen molar-refractivity contribution in [3.05, 3.63) is 30.3 Å². The lowest BCUT2D eigenvalue weighted by Crippen LogP contribution is -2.41. The number of nitrogens with zero attached hydrogens (tertiary/aromatic N) is 2. The first-order valence-electron chi connectivity index (χ1n) is 5.74. The number of hydrogen-bond donors (Lipinski definition) is 0. The summed E-state index contributed by atoms with van der Waals surface area (Å²) in [6, 6.07) is 11.4. The first kappa shape index (κ1) is 10.5. The Balaban J connectivity index is 1.99. The Bertz CT molecular complexity index is 289. The van der Waals surface area contributed by atoms with Crippen molar-refractivity contribution in [1.29, 1.82) is 0 Å². The predicted octanol–water partition coefficient (Wildman–Crippen LogP) is 2.22. The normalized spacial score (nSPS) is 19.1. The molecule has 0 N–H and O–H groups in total. The van der Waals surface area contributed by atoms with E-state index in [4.69, 9.17) is 0 Å². The molecule has 15 heavy (non-hydrogen) atoms. The summed E-state index contributed by atoms with van der Waals surface area (Å²) in [7, 11) is 4.42. The Labute approximate surface area is 92.5 Å². The quantitative estimate of drug-likeness (QED) is 0.729. The summed E-state index contributed by atoms with van der Waals surface area (Å²) in [4.78, 5) is 4.84. The second-order valence-corrected chi connectivity index (χ2v) is 4.48. The van der Waals surface area contributed by atoms with Gasteiger partial charge in [-0.15, -0.1) is 0 Å². The van der Waals surface area contributed by atoms with Gasteiger partial charge in [-0.3, -0.25) is 0 Å². The Kier molecular flexibility index (Phi) is 3.27. The van der Waals surface area contributed by atoms with Crippen molar-refractivity contribution in [1.82, 2.24) is 4.90 Å². The molecule has 1 heterocycles. The fourth-order valence-corrected chi connectivity index (χ4v) is 2.26. The standard InChI is InChI=1S/C13H20N2/c1-14-10-8-13(9-11-14)15(2)12-6-4-3-5-7-12/h3-7,13H,8-11H2,1-2H3. The van der Waals surface area contributed by atoms with E-state index in [0.29, 0.717) is 6.04 Å². The zero-order chi connectivity index (χ0) is 10.7. The van der Waals surface area contributed by atoms with Crippen molar-refractivity contribution in [2.75, 3.05) is 32.1 Å². The third-order valence-electron chi connectivity index (χ3n) is 3.40. The Morgan fingerprint density at radius 1 is 1.13 bits per heavy atom. The number of piperidine rings is 1. The van der Waals surface area contributed by atoms with Crippen LogP contribution in [0.1, 0.15) is 12.8 Å². The molecular formula is C13H20N2. The van der Waals surface area contributed by atoms with E-state index in [9.17, 15) is 0 Å². The van der Waals surface area contributed by atoms with E-state index in [1.165, 1.54) is 31.6 Å². The van der Waals surface area contributed by atoms with E-state index in [1.807, 2.05) is 0 Å². The van der Waals surface area contributed by atoms with Crippen LogP contribution in [0, 0.1) is 0 Å². The van der Waals surface area contributed by atoms with Gasteiger partial charge in [-0.2, -0.15) is 0 Å². The molecule has 0 aliphatic carbocycles. The van der Waals surface area contributed by atoms with Gasteiger partial charge in [0.15, 0.2) is 0 Å². The summed E-state index contributed by atoms with van der Waals surface area (Å²) in [6.45, 7) is 2.45. The summed E-state index contributed by atoms with van der Waals surface area (Å²) < 4.78 is 0. The van der Waals surface area contributed by atoms with E-state index in [2.05, 4.69) is 54.2 Å². The van der Waals surface area contributed by atoms with Crippen molar-refractivity contribution >= 4 is 5.69 Å². The van der Waals surface area contributed by atoms with Crippen LogP contribution in [0.15, 0.2) is 30.3 Å². The maximum atomic E-state index is 2.42. The zero-order valence-electron chi connectivity index (χ0n) is 9.69. The van der Waals surface area contributed by atoms with Crippen molar-refractivity contribution in [3.8, 4) is 0 Å². The molecule has 1 aliphatic rings. The second-order valence-electron chi connectivity index (χ2n) is 4.48. The molecule has 1 aromatic rings. The predicted molar refractivity (Wildman–Crippen MR) is 65.4 cm³/mol. The third kappa shape index (κ3) is 2.51. The molecule has 0 bridgehead atoms. The summed E-state index contributed by atoms with van der Waals surface area (Å²) in [6.07, 6.45) is 2.56. The van der Waals surface area contributed by atoms with Gasteiger partial charge in [0, 0.05) is 18.8 Å². The maximum absolute atomic E-state index is 2.42. The van der Waals surface area contributed by atoms with E-state index in [1.54, 1.807) is 0 Å². The van der Waals surface area contributed by atoms with E-state index >= 15 is 0 Å². The molecule has 1 saturated heterocycles. The largest absolute Gasteiger partial charge is 0.372 e. The number of rotatable bonds is 2. The zero-order valence-corrected chi connectivity index (χ0v) is 9.69. The molecular weight excluding hydrogens is 184 g/mol. The molecule has 1 aliphatic heterocycles. The van der Waals surface area contributed by atoms with E-state index < -0.39 is 0 Å². The van der Waals surface area contributed by atoms with E-state index in [-0.39, 0.29) is 0 Å². The van der Waals surface area contributed by atoms with Crippen LogP contribution in [0.5, 0.6) is 0 Å². The second kappa shape index (κ2) is 4.67. The van der Waals surface area contributed by atoms with Gasteiger partial charge in [0.25, 0.3) is 0 Å². The first-order valence-corrected chi connectivity index (χ1v) is 5.74. The minimum Gasteiger partial charge on any atom is -0.372 e. The number of likely N-dealkylation sites (tertiary alicyclic amines) is 1. The van der Waals surface area contributed by atoms with Crippen molar-refractivity contribution in [3.63, 3.8) is 0 Å². The van der Waals surface area contributed by atoms with E-state index in [0.717, 1.165) is 0 Å². The molecule has 0 unspecified atom stereocenters. The highest BCUT2D eigenvalue weighted by atomic mass is 15.2. The van der Waals surface area contributed by atoms with Gasteiger partial charge < -0.3 is 9.80 Å². The average Bonchev–Trinajstić information content (AvgIpc) is 2.30. The van der Waals surface area contributed by atoms with Gasteiger partial charge in [-0.05, 0) is 45.1 Å². The highest BCUT2D eigenvalue weighted by Crippen LogP contribution is 2.20. The van der Waals surface area contributed by atoms with Gasteiger partial charge in [0.05, 0.1) is 0 Å². The number of anilines is 1. The summed E-state index contributed by atoms with van der Waals surface area (Å²) in [5.41, 5.74) is 1.34. The fraction of sp³-hybridized carbons (Fsp3) is 0.538. The van der Waals surface area contributed by atoms with Crippen LogP contribution in [0.25, 0.3) is 0 Å². The van der Waals surface area contributed by atoms with Gasteiger partial charge in [-0.1, -0.05) is 18.2 Å². The first-order chi connectivity index (χ1) is 7.27. The highest BCUT2D eigenvalue weighted by Gasteiger charge is 2.20. The van der Waals surface area contributed by atoms with Crippen LogP contribution in [0.3, 0.4) is 0 Å². The topological polar surface area (TPSA) is 6.48 Å². The van der Waals surface area contributed by atoms with Crippen LogP contribution < -0.4 is 4.90 Å². The molecule has 0 radical (unpaired) electrons. The summed E-state index contributed by atoms with van der Waals surface area (Å²) >= 11 is 0. The van der Waals surface area contributed by atoms with Crippen LogP contribution in [0.2, 0.25) is 0 Å². The molecule has 82 valence electrons. The molecule has 2 heteroatoms. The minimum atomic E-state index is 0.712. The maximum Gasteiger partial charge on any atom is 0.0366 e. The lowest BCUT2D eigenvalue weighted by Gasteiger charge is -2.36. The third-order valence-corrected chi connectivity index (χ3v) is 3.40. The van der Waals surface area contributed by atoms with Crippen molar-refractivity contribution < 1.29 is 0 Å². The van der Waals surface area contributed by atoms with Crippen molar-refractivity contribution in [2.45, 2.75) is 18.9 Å². The summed E-state index contributed by atoms with van der Waals surface area (Å²) in [5.74, 6) is 0. The number of benzene rings is 1. The average molecular weight is 204 g/mol. The number of hydrogen-bond acceptors (Lipinski definition) is 2. The molecule has 0 saturated carbocycles. The van der Waals surface area contributed by atoms with Crippen molar-refractivity contribution in [2.24, 2.45) is 0 Å². The van der Waals surface area contributed by atoms with Crippen LogP contribution in [0.4, 0.5) is 5.69 Å². The molecule has 2 rings (SSSR count). The lowest BCUT2D eigenvalue weighted by molar-refractivity contribution is 0.253. The molecule has 0 spiro atoms.